The molecule has 1 rings (SSSR count). The second-order valence-corrected chi connectivity index (χ2v) is 4.75. The molecule has 120 valence electrons. The van der Waals surface area contributed by atoms with Crippen LogP contribution in [-0.2, 0) is 11.2 Å². The van der Waals surface area contributed by atoms with E-state index in [1.54, 1.807) is 14.2 Å². The average molecular weight is 297 g/mol. The lowest BCUT2D eigenvalue weighted by atomic mass is 10.0. The summed E-state index contributed by atoms with van der Waals surface area (Å²) in [6.45, 7) is 5.68. The fourth-order valence-corrected chi connectivity index (χ4v) is 1.99. The molecule has 0 bridgehead atoms. The Kier molecular flexibility index (Phi) is 7.93. The van der Waals surface area contributed by atoms with Crippen LogP contribution < -0.4 is 19.9 Å². The summed E-state index contributed by atoms with van der Waals surface area (Å²) in [5.41, 5.74) is 7.09. The molecule has 2 N–H and O–H groups in total. The molecule has 0 amide bonds. The van der Waals surface area contributed by atoms with Gasteiger partial charge in [0.05, 0.1) is 20.8 Å². The molecule has 1 atom stereocenters. The van der Waals surface area contributed by atoms with Gasteiger partial charge in [-0.3, -0.25) is 0 Å². The van der Waals surface area contributed by atoms with Crippen LogP contribution in [0.2, 0.25) is 0 Å². The van der Waals surface area contributed by atoms with Crippen molar-refractivity contribution in [2.45, 2.75) is 32.7 Å². The van der Waals surface area contributed by atoms with E-state index >= 15 is 0 Å². The maximum Gasteiger partial charge on any atom is 0.203 e. The SMILES string of the molecule is CCOCCOc1c(OC)cc(CC(N)CC)cc1OC. The number of rotatable bonds is 10. The van der Waals surface area contributed by atoms with Crippen LogP contribution in [0.3, 0.4) is 0 Å². The molecule has 0 aromatic heterocycles. The van der Waals surface area contributed by atoms with Crippen molar-refractivity contribution in [3.63, 3.8) is 0 Å². The molecule has 0 aliphatic carbocycles. The highest BCUT2D eigenvalue weighted by atomic mass is 16.6. The number of nitrogens with two attached hydrogens (primary N) is 1. The normalized spacial score (nSPS) is 12.0. The van der Waals surface area contributed by atoms with E-state index < -0.39 is 0 Å². The summed E-state index contributed by atoms with van der Waals surface area (Å²) < 4.78 is 21.8. The van der Waals surface area contributed by atoms with Gasteiger partial charge in [-0.1, -0.05) is 6.92 Å². The quantitative estimate of drug-likeness (QED) is 0.672. The molecule has 0 aliphatic rings. The Balaban J connectivity index is 2.90. The van der Waals surface area contributed by atoms with Crippen LogP contribution in [0.1, 0.15) is 25.8 Å². The van der Waals surface area contributed by atoms with Gasteiger partial charge < -0.3 is 24.7 Å². The minimum absolute atomic E-state index is 0.129. The van der Waals surface area contributed by atoms with Crippen LogP contribution in [0.15, 0.2) is 12.1 Å². The van der Waals surface area contributed by atoms with E-state index in [2.05, 4.69) is 6.92 Å². The zero-order chi connectivity index (χ0) is 15.7. The van der Waals surface area contributed by atoms with E-state index in [1.807, 2.05) is 19.1 Å². The van der Waals surface area contributed by atoms with Crippen LogP contribution in [0.4, 0.5) is 0 Å². The molecule has 0 saturated heterocycles. The first-order valence-corrected chi connectivity index (χ1v) is 7.37. The molecule has 0 spiro atoms. The molecular weight excluding hydrogens is 270 g/mol. The van der Waals surface area contributed by atoms with E-state index in [1.165, 1.54) is 0 Å². The average Bonchev–Trinajstić information content (AvgIpc) is 2.51. The molecule has 0 radical (unpaired) electrons. The highest BCUT2D eigenvalue weighted by Crippen LogP contribution is 2.38. The van der Waals surface area contributed by atoms with Gasteiger partial charge in [0.25, 0.3) is 0 Å². The minimum Gasteiger partial charge on any atom is -0.493 e. The van der Waals surface area contributed by atoms with Crippen LogP contribution >= 0.6 is 0 Å². The third kappa shape index (κ3) is 5.44. The van der Waals surface area contributed by atoms with Crippen molar-refractivity contribution in [2.75, 3.05) is 34.0 Å². The maximum absolute atomic E-state index is 6.01. The molecule has 0 aliphatic heterocycles. The monoisotopic (exact) mass is 297 g/mol. The molecule has 0 saturated carbocycles. The molecule has 1 aromatic rings. The first-order chi connectivity index (χ1) is 10.2. The third-order valence-electron chi connectivity index (χ3n) is 3.22. The van der Waals surface area contributed by atoms with Gasteiger partial charge in [0, 0.05) is 12.6 Å². The molecule has 5 nitrogen and oxygen atoms in total. The Morgan fingerprint density at radius 1 is 1.05 bits per heavy atom. The Hall–Kier alpha value is -1.46. The van der Waals surface area contributed by atoms with E-state index in [4.69, 9.17) is 24.7 Å². The van der Waals surface area contributed by atoms with Gasteiger partial charge in [-0.05, 0) is 37.5 Å². The highest BCUT2D eigenvalue weighted by molar-refractivity contribution is 5.54. The van der Waals surface area contributed by atoms with E-state index in [9.17, 15) is 0 Å². The largest absolute Gasteiger partial charge is 0.493 e. The Morgan fingerprint density at radius 2 is 1.67 bits per heavy atom. The van der Waals surface area contributed by atoms with Gasteiger partial charge in [0.2, 0.25) is 5.75 Å². The summed E-state index contributed by atoms with van der Waals surface area (Å²) in [5.74, 6) is 1.92. The molecule has 1 unspecified atom stereocenters. The number of methoxy groups -OCH3 is 2. The van der Waals surface area contributed by atoms with Crippen LogP contribution in [-0.4, -0.2) is 40.1 Å². The third-order valence-corrected chi connectivity index (χ3v) is 3.22. The zero-order valence-electron chi connectivity index (χ0n) is 13.5. The van der Waals surface area contributed by atoms with E-state index in [0.29, 0.717) is 37.1 Å². The standard InChI is InChI=1S/C16H27NO4/c1-5-13(17)9-12-10-14(18-3)16(15(11-12)19-4)21-8-7-20-6-2/h10-11,13H,5-9,17H2,1-4H3. The van der Waals surface area contributed by atoms with Crippen LogP contribution in [0.5, 0.6) is 17.2 Å². The van der Waals surface area contributed by atoms with Gasteiger partial charge in [-0.15, -0.1) is 0 Å². The van der Waals surface area contributed by atoms with Crippen molar-refractivity contribution < 1.29 is 18.9 Å². The minimum atomic E-state index is 0.129. The summed E-state index contributed by atoms with van der Waals surface area (Å²) in [5, 5.41) is 0. The summed E-state index contributed by atoms with van der Waals surface area (Å²) in [7, 11) is 3.24. The van der Waals surface area contributed by atoms with E-state index in [-0.39, 0.29) is 6.04 Å². The van der Waals surface area contributed by atoms with Gasteiger partial charge in [0.1, 0.15) is 6.61 Å². The van der Waals surface area contributed by atoms with Crippen molar-refractivity contribution >= 4 is 0 Å². The van der Waals surface area contributed by atoms with Gasteiger partial charge in [-0.2, -0.15) is 0 Å². The Labute approximate surface area is 127 Å². The second-order valence-electron chi connectivity index (χ2n) is 4.75. The second kappa shape index (κ2) is 9.47. The first-order valence-electron chi connectivity index (χ1n) is 7.37. The highest BCUT2D eigenvalue weighted by Gasteiger charge is 2.15. The lowest BCUT2D eigenvalue weighted by Crippen LogP contribution is -2.21. The van der Waals surface area contributed by atoms with Gasteiger partial charge in [0.15, 0.2) is 11.5 Å². The Bertz CT molecular complexity index is 398. The fraction of sp³-hybridized carbons (Fsp3) is 0.625. The Morgan fingerprint density at radius 3 is 2.14 bits per heavy atom. The van der Waals surface area contributed by atoms with Gasteiger partial charge in [-0.25, -0.2) is 0 Å². The summed E-state index contributed by atoms with van der Waals surface area (Å²) in [6, 6.07) is 4.03. The number of benzene rings is 1. The molecule has 5 heteroatoms. The number of hydrogen-bond acceptors (Lipinski definition) is 5. The lowest BCUT2D eigenvalue weighted by Gasteiger charge is -2.17. The molecule has 0 fully saturated rings. The summed E-state index contributed by atoms with van der Waals surface area (Å²) in [4.78, 5) is 0. The summed E-state index contributed by atoms with van der Waals surface area (Å²) >= 11 is 0. The molecular formula is C16H27NO4. The van der Waals surface area contributed by atoms with Crippen LogP contribution in [0, 0.1) is 0 Å². The first kappa shape index (κ1) is 17.6. The lowest BCUT2D eigenvalue weighted by molar-refractivity contribution is 0.107. The zero-order valence-corrected chi connectivity index (χ0v) is 13.5. The molecule has 0 heterocycles. The fourth-order valence-electron chi connectivity index (χ4n) is 1.99. The maximum atomic E-state index is 6.01. The predicted octanol–water partition coefficient (Wildman–Crippen LogP) is 2.40. The number of hydrogen-bond donors (Lipinski definition) is 1. The number of ether oxygens (including phenoxy) is 4. The van der Waals surface area contributed by atoms with E-state index in [0.717, 1.165) is 18.4 Å². The van der Waals surface area contributed by atoms with Crippen molar-refractivity contribution in [3.05, 3.63) is 17.7 Å². The predicted molar refractivity (Wildman–Crippen MR) is 83.5 cm³/mol. The van der Waals surface area contributed by atoms with Gasteiger partial charge >= 0.3 is 0 Å². The van der Waals surface area contributed by atoms with Crippen molar-refractivity contribution in [1.29, 1.82) is 0 Å². The van der Waals surface area contributed by atoms with Crippen molar-refractivity contribution in [3.8, 4) is 17.2 Å². The smallest absolute Gasteiger partial charge is 0.203 e. The topological polar surface area (TPSA) is 62.9 Å². The summed E-state index contributed by atoms with van der Waals surface area (Å²) in [6.07, 6.45) is 1.71. The van der Waals surface area contributed by atoms with Crippen molar-refractivity contribution in [1.82, 2.24) is 0 Å². The molecule has 1 aromatic carbocycles. The van der Waals surface area contributed by atoms with Crippen molar-refractivity contribution in [2.24, 2.45) is 5.73 Å². The molecule has 21 heavy (non-hydrogen) atoms. The van der Waals surface area contributed by atoms with Crippen LogP contribution in [0.25, 0.3) is 0 Å².